The maximum atomic E-state index is 11.6. The SMILES string of the molecule is Cc1cc(=O)oc2cc(O[Si](C)(C)C)c(O[Si](C)(C)C)cc12. The molecular weight excluding hydrogens is 312 g/mol. The van der Waals surface area contributed by atoms with E-state index in [0.29, 0.717) is 11.3 Å². The van der Waals surface area contributed by atoms with Crippen LogP contribution >= 0.6 is 0 Å². The molecule has 2 rings (SSSR count). The maximum absolute atomic E-state index is 11.6. The Balaban J connectivity index is 2.67. The molecule has 120 valence electrons. The quantitative estimate of drug-likeness (QED) is 0.608. The molecule has 0 bridgehead atoms. The highest BCUT2D eigenvalue weighted by Gasteiger charge is 2.24. The van der Waals surface area contributed by atoms with Crippen LogP contribution in [-0.4, -0.2) is 16.6 Å². The van der Waals surface area contributed by atoms with Crippen LogP contribution in [0.1, 0.15) is 5.56 Å². The molecule has 0 unspecified atom stereocenters. The third kappa shape index (κ3) is 4.24. The molecule has 0 fully saturated rings. The molecule has 1 heterocycles. The highest BCUT2D eigenvalue weighted by molar-refractivity contribution is 6.71. The summed E-state index contributed by atoms with van der Waals surface area (Å²) in [6.07, 6.45) is 0. The summed E-state index contributed by atoms with van der Waals surface area (Å²) >= 11 is 0. The second-order valence-corrected chi connectivity index (χ2v) is 16.3. The zero-order valence-electron chi connectivity index (χ0n) is 14.4. The predicted molar refractivity (Wildman–Crippen MR) is 95.2 cm³/mol. The summed E-state index contributed by atoms with van der Waals surface area (Å²) in [6.45, 7) is 14.6. The first-order chi connectivity index (χ1) is 9.94. The van der Waals surface area contributed by atoms with Gasteiger partial charge in [-0.3, -0.25) is 0 Å². The van der Waals surface area contributed by atoms with Gasteiger partial charge in [-0.25, -0.2) is 4.79 Å². The van der Waals surface area contributed by atoms with Gasteiger partial charge in [-0.05, 0) is 57.8 Å². The molecule has 0 atom stereocenters. The summed E-state index contributed by atoms with van der Waals surface area (Å²) < 4.78 is 17.6. The van der Waals surface area contributed by atoms with Gasteiger partial charge in [0.2, 0.25) is 16.6 Å². The van der Waals surface area contributed by atoms with Crippen molar-refractivity contribution in [2.75, 3.05) is 0 Å². The lowest BCUT2D eigenvalue weighted by atomic mass is 10.1. The molecule has 2 aromatic rings. The Bertz CT molecular complexity index is 752. The van der Waals surface area contributed by atoms with E-state index >= 15 is 0 Å². The van der Waals surface area contributed by atoms with Crippen LogP contribution in [0.2, 0.25) is 39.3 Å². The van der Waals surface area contributed by atoms with Crippen molar-refractivity contribution < 1.29 is 13.3 Å². The number of aryl methyl sites for hydroxylation is 1. The monoisotopic (exact) mass is 336 g/mol. The van der Waals surface area contributed by atoms with Gasteiger partial charge in [0.25, 0.3) is 0 Å². The molecule has 0 aliphatic rings. The number of hydrogen-bond donors (Lipinski definition) is 0. The lowest BCUT2D eigenvalue weighted by Crippen LogP contribution is -2.32. The van der Waals surface area contributed by atoms with Crippen molar-refractivity contribution in [1.29, 1.82) is 0 Å². The predicted octanol–water partition coefficient (Wildman–Crippen LogP) is 4.53. The van der Waals surface area contributed by atoms with Gasteiger partial charge >= 0.3 is 5.63 Å². The van der Waals surface area contributed by atoms with Gasteiger partial charge < -0.3 is 13.3 Å². The van der Waals surface area contributed by atoms with Crippen LogP contribution in [0.3, 0.4) is 0 Å². The van der Waals surface area contributed by atoms with E-state index in [1.807, 2.05) is 13.0 Å². The Morgan fingerprint density at radius 2 is 1.36 bits per heavy atom. The second kappa shape index (κ2) is 5.59. The Morgan fingerprint density at radius 3 is 1.86 bits per heavy atom. The fourth-order valence-corrected chi connectivity index (χ4v) is 3.78. The van der Waals surface area contributed by atoms with Crippen LogP contribution in [-0.2, 0) is 0 Å². The Morgan fingerprint density at radius 1 is 0.864 bits per heavy atom. The molecule has 0 N–H and O–H groups in total. The summed E-state index contributed by atoms with van der Waals surface area (Å²) in [5.74, 6) is 1.41. The van der Waals surface area contributed by atoms with Gasteiger partial charge in [0, 0.05) is 17.5 Å². The summed E-state index contributed by atoms with van der Waals surface area (Å²) in [5, 5.41) is 0.885. The third-order valence-corrected chi connectivity index (χ3v) is 4.51. The lowest BCUT2D eigenvalue weighted by molar-refractivity contribution is 0.486. The lowest BCUT2D eigenvalue weighted by Gasteiger charge is -2.26. The molecule has 1 aromatic carbocycles. The van der Waals surface area contributed by atoms with E-state index in [0.717, 1.165) is 16.7 Å². The average Bonchev–Trinajstić information content (AvgIpc) is 2.26. The minimum absolute atomic E-state index is 0.345. The molecule has 22 heavy (non-hydrogen) atoms. The van der Waals surface area contributed by atoms with E-state index < -0.39 is 16.6 Å². The van der Waals surface area contributed by atoms with E-state index in [4.69, 9.17) is 13.3 Å². The van der Waals surface area contributed by atoms with Crippen LogP contribution < -0.4 is 14.5 Å². The first-order valence-corrected chi connectivity index (χ1v) is 14.2. The summed E-state index contributed by atoms with van der Waals surface area (Å²) in [6, 6.07) is 5.22. The minimum atomic E-state index is -1.80. The smallest absolute Gasteiger partial charge is 0.336 e. The molecule has 0 radical (unpaired) electrons. The highest BCUT2D eigenvalue weighted by atomic mass is 28.4. The molecule has 0 amide bonds. The van der Waals surface area contributed by atoms with E-state index in [9.17, 15) is 4.79 Å². The first-order valence-electron chi connectivity index (χ1n) is 7.41. The van der Waals surface area contributed by atoms with E-state index in [2.05, 4.69) is 39.3 Å². The van der Waals surface area contributed by atoms with Crippen LogP contribution in [0.5, 0.6) is 11.5 Å². The minimum Gasteiger partial charge on any atom is -0.542 e. The van der Waals surface area contributed by atoms with Crippen LogP contribution in [0.4, 0.5) is 0 Å². The van der Waals surface area contributed by atoms with Crippen molar-refractivity contribution in [3.63, 3.8) is 0 Å². The molecule has 0 saturated carbocycles. The largest absolute Gasteiger partial charge is 0.542 e. The number of benzene rings is 1. The normalized spacial score (nSPS) is 12.5. The Hall–Kier alpha value is -1.54. The van der Waals surface area contributed by atoms with E-state index in [-0.39, 0.29) is 5.63 Å². The fraction of sp³-hybridized carbons (Fsp3) is 0.438. The van der Waals surface area contributed by atoms with Gasteiger partial charge in [-0.2, -0.15) is 0 Å². The number of hydrogen-bond acceptors (Lipinski definition) is 4. The van der Waals surface area contributed by atoms with E-state index in [1.165, 1.54) is 6.07 Å². The summed E-state index contributed by atoms with van der Waals surface area (Å²) in [5.41, 5.74) is 1.08. The molecular formula is C16H24O4Si2. The number of fused-ring (bicyclic) bond motifs is 1. The van der Waals surface area contributed by atoms with Crippen molar-refractivity contribution in [1.82, 2.24) is 0 Å². The molecule has 0 spiro atoms. The molecule has 0 aliphatic carbocycles. The molecule has 0 saturated heterocycles. The molecule has 6 heteroatoms. The van der Waals surface area contributed by atoms with Gasteiger partial charge in [-0.15, -0.1) is 0 Å². The summed E-state index contributed by atoms with van der Waals surface area (Å²) in [7, 11) is -3.58. The van der Waals surface area contributed by atoms with Gasteiger partial charge in [0.05, 0.1) is 0 Å². The van der Waals surface area contributed by atoms with Crippen molar-refractivity contribution in [3.8, 4) is 11.5 Å². The van der Waals surface area contributed by atoms with E-state index in [1.54, 1.807) is 6.07 Å². The number of rotatable bonds is 4. The zero-order valence-corrected chi connectivity index (χ0v) is 16.4. The second-order valence-electron chi connectivity index (χ2n) is 7.47. The standard InChI is InChI=1S/C16H24O4Si2/c1-11-8-16(17)18-13-10-15(20-22(5,6)7)14(9-12(11)13)19-21(2,3)4/h8-10H,1-7H3. The van der Waals surface area contributed by atoms with Gasteiger partial charge in [-0.1, -0.05) is 0 Å². The topological polar surface area (TPSA) is 48.7 Å². The Labute approximate surface area is 133 Å². The van der Waals surface area contributed by atoms with Gasteiger partial charge in [0.15, 0.2) is 0 Å². The molecule has 4 nitrogen and oxygen atoms in total. The third-order valence-electron chi connectivity index (χ3n) is 2.85. The van der Waals surface area contributed by atoms with Crippen LogP contribution in [0.25, 0.3) is 11.0 Å². The van der Waals surface area contributed by atoms with Gasteiger partial charge in [0.1, 0.15) is 17.1 Å². The fourth-order valence-electron chi connectivity index (χ4n) is 2.15. The van der Waals surface area contributed by atoms with Crippen molar-refractivity contribution in [2.45, 2.75) is 46.2 Å². The van der Waals surface area contributed by atoms with Crippen molar-refractivity contribution in [2.24, 2.45) is 0 Å². The Kier molecular flexibility index (Phi) is 4.27. The molecule has 1 aromatic heterocycles. The summed E-state index contributed by atoms with van der Waals surface area (Å²) in [4.78, 5) is 11.6. The zero-order chi connectivity index (χ0) is 16.7. The van der Waals surface area contributed by atoms with Crippen molar-refractivity contribution in [3.05, 3.63) is 34.2 Å². The molecule has 0 aliphatic heterocycles. The van der Waals surface area contributed by atoms with Crippen LogP contribution in [0, 0.1) is 6.92 Å². The maximum Gasteiger partial charge on any atom is 0.336 e. The van der Waals surface area contributed by atoms with Crippen molar-refractivity contribution >= 4 is 27.6 Å². The van der Waals surface area contributed by atoms with Crippen LogP contribution in [0.15, 0.2) is 27.4 Å². The average molecular weight is 337 g/mol. The first kappa shape index (κ1) is 16.8. The highest BCUT2D eigenvalue weighted by Crippen LogP contribution is 2.36.